The minimum Gasteiger partial charge on any atom is -0.335 e. The van der Waals surface area contributed by atoms with Crippen LogP contribution < -0.4 is 0 Å². The number of nitrogens with zero attached hydrogens (tertiary/aromatic N) is 3. The molecule has 2 fully saturated rings. The fourth-order valence-corrected chi connectivity index (χ4v) is 5.01. The Hall–Kier alpha value is -0.910. The molecule has 1 aromatic rings. The molecule has 2 aliphatic rings. The molecule has 0 aromatic carbocycles. The Morgan fingerprint density at radius 3 is 2.91 bits per heavy atom. The Balaban J connectivity index is 1.66. The summed E-state index contributed by atoms with van der Waals surface area (Å²) in [4.78, 5) is 20.5. The number of hydrogen-bond acceptors (Lipinski definition) is 4. The maximum atomic E-state index is 12.1. The number of hydrogen-bond donors (Lipinski definition) is 0. The highest BCUT2D eigenvalue weighted by Gasteiger charge is 2.44. The zero-order chi connectivity index (χ0) is 15.7. The van der Waals surface area contributed by atoms with Crippen molar-refractivity contribution < 1.29 is 4.79 Å². The molecule has 0 bridgehead atoms. The third kappa shape index (κ3) is 3.36. The Bertz CT molecular complexity index is 502. The van der Waals surface area contributed by atoms with Crippen LogP contribution >= 0.6 is 11.3 Å². The molecule has 1 aromatic heterocycles. The Morgan fingerprint density at radius 2 is 2.27 bits per heavy atom. The average molecular weight is 321 g/mol. The van der Waals surface area contributed by atoms with Gasteiger partial charge in [0, 0.05) is 50.1 Å². The Morgan fingerprint density at radius 1 is 1.45 bits per heavy atom. The highest BCUT2D eigenvalue weighted by atomic mass is 32.1. The summed E-state index contributed by atoms with van der Waals surface area (Å²) >= 11 is 1.84. The van der Waals surface area contributed by atoms with Crippen LogP contribution in [0.4, 0.5) is 0 Å². The molecule has 0 radical (unpaired) electrons. The van der Waals surface area contributed by atoms with Gasteiger partial charge in [0.15, 0.2) is 0 Å². The third-order valence-electron chi connectivity index (χ3n) is 5.00. The first-order valence-corrected chi connectivity index (χ1v) is 9.11. The van der Waals surface area contributed by atoms with Crippen LogP contribution in [0.3, 0.4) is 0 Å². The predicted octanol–water partition coefficient (Wildman–Crippen LogP) is 2.12. The molecule has 0 saturated carbocycles. The largest absolute Gasteiger partial charge is 0.335 e. The maximum Gasteiger partial charge on any atom is 0.219 e. The molecule has 3 atom stereocenters. The van der Waals surface area contributed by atoms with Crippen molar-refractivity contribution in [3.05, 3.63) is 22.4 Å². The number of fused-ring (bicyclic) bond motifs is 1. The second-order valence-corrected chi connectivity index (χ2v) is 8.04. The van der Waals surface area contributed by atoms with E-state index in [0.717, 1.165) is 39.0 Å². The lowest BCUT2D eigenvalue weighted by Gasteiger charge is -2.38. The topological polar surface area (TPSA) is 26.8 Å². The number of rotatable bonds is 4. The number of amides is 1. The zero-order valence-electron chi connectivity index (χ0n) is 13.9. The summed E-state index contributed by atoms with van der Waals surface area (Å²) in [5.41, 5.74) is 0. The van der Waals surface area contributed by atoms with Gasteiger partial charge in [0.1, 0.15) is 0 Å². The van der Waals surface area contributed by atoms with Gasteiger partial charge in [-0.3, -0.25) is 9.69 Å². The Labute approximate surface area is 137 Å². The van der Waals surface area contributed by atoms with E-state index in [0.29, 0.717) is 18.0 Å². The van der Waals surface area contributed by atoms with Crippen LogP contribution in [0.25, 0.3) is 0 Å². The summed E-state index contributed by atoms with van der Waals surface area (Å²) < 4.78 is 0. The first-order chi connectivity index (χ1) is 10.5. The van der Waals surface area contributed by atoms with Gasteiger partial charge in [-0.15, -0.1) is 11.3 Å². The molecule has 22 heavy (non-hydrogen) atoms. The SMILES string of the molecule is CC(=O)N1C2CCN(Cc3cccs3)CC2C[C@H]1CN(C)C. The normalized spacial score (nSPS) is 29.1. The monoisotopic (exact) mass is 321 g/mol. The van der Waals surface area contributed by atoms with Crippen LogP contribution in [0.5, 0.6) is 0 Å². The van der Waals surface area contributed by atoms with E-state index < -0.39 is 0 Å². The van der Waals surface area contributed by atoms with Gasteiger partial charge in [-0.05, 0) is 44.3 Å². The molecule has 122 valence electrons. The molecule has 2 saturated heterocycles. The second-order valence-electron chi connectivity index (χ2n) is 7.01. The van der Waals surface area contributed by atoms with Crippen molar-refractivity contribution in [2.45, 2.75) is 38.4 Å². The molecule has 3 heterocycles. The number of piperidine rings is 1. The van der Waals surface area contributed by atoms with Crippen molar-refractivity contribution in [1.29, 1.82) is 0 Å². The highest BCUT2D eigenvalue weighted by molar-refractivity contribution is 7.09. The molecule has 0 spiro atoms. The van der Waals surface area contributed by atoms with Gasteiger partial charge in [0.05, 0.1) is 0 Å². The van der Waals surface area contributed by atoms with Crippen LogP contribution in [0.2, 0.25) is 0 Å². The van der Waals surface area contributed by atoms with Gasteiger partial charge >= 0.3 is 0 Å². The second kappa shape index (κ2) is 6.69. The molecule has 2 unspecified atom stereocenters. The zero-order valence-corrected chi connectivity index (χ0v) is 14.7. The molecular weight excluding hydrogens is 294 g/mol. The summed E-state index contributed by atoms with van der Waals surface area (Å²) in [6, 6.07) is 5.21. The van der Waals surface area contributed by atoms with Crippen molar-refractivity contribution in [2.75, 3.05) is 33.7 Å². The number of carbonyl (C=O) groups excluding carboxylic acids is 1. The number of likely N-dealkylation sites (N-methyl/N-ethyl adjacent to an activating group) is 1. The lowest BCUT2D eigenvalue weighted by Crippen LogP contribution is -2.49. The standard InChI is InChI=1S/C17H27N3OS/c1-13(21)20-15(11-18(2)3)9-14-10-19(7-6-17(14)20)12-16-5-4-8-22-16/h4-5,8,14-15,17H,6-7,9-12H2,1-3H3/t14?,15-,17?/m0/s1. The summed E-state index contributed by atoms with van der Waals surface area (Å²) in [6.07, 6.45) is 2.28. The molecule has 1 amide bonds. The first kappa shape index (κ1) is 16.0. The quantitative estimate of drug-likeness (QED) is 0.850. The predicted molar refractivity (Wildman–Crippen MR) is 91.0 cm³/mol. The summed E-state index contributed by atoms with van der Waals surface area (Å²) in [6.45, 7) is 6.04. The smallest absolute Gasteiger partial charge is 0.219 e. The molecule has 4 nitrogen and oxygen atoms in total. The number of likely N-dealkylation sites (tertiary alicyclic amines) is 2. The maximum absolute atomic E-state index is 12.1. The van der Waals surface area contributed by atoms with Gasteiger partial charge in [-0.2, -0.15) is 0 Å². The lowest BCUT2D eigenvalue weighted by molar-refractivity contribution is -0.133. The lowest BCUT2D eigenvalue weighted by atomic mass is 9.92. The van der Waals surface area contributed by atoms with E-state index in [1.165, 1.54) is 4.88 Å². The minimum absolute atomic E-state index is 0.256. The van der Waals surface area contributed by atoms with Gasteiger partial charge in [0.25, 0.3) is 0 Å². The summed E-state index contributed by atoms with van der Waals surface area (Å²) in [5, 5.41) is 2.16. The molecule has 0 aliphatic carbocycles. The molecular formula is C17H27N3OS. The minimum atomic E-state index is 0.256. The van der Waals surface area contributed by atoms with Crippen molar-refractivity contribution >= 4 is 17.2 Å². The third-order valence-corrected chi connectivity index (χ3v) is 5.86. The average Bonchev–Trinajstić information content (AvgIpc) is 3.04. The number of thiophene rings is 1. The summed E-state index contributed by atoms with van der Waals surface area (Å²) in [7, 11) is 4.20. The van der Waals surface area contributed by atoms with Gasteiger partial charge in [-0.25, -0.2) is 0 Å². The highest BCUT2D eigenvalue weighted by Crippen LogP contribution is 2.36. The van der Waals surface area contributed by atoms with Crippen LogP contribution in [-0.2, 0) is 11.3 Å². The van der Waals surface area contributed by atoms with E-state index in [-0.39, 0.29) is 5.91 Å². The number of carbonyl (C=O) groups is 1. The van der Waals surface area contributed by atoms with Gasteiger partial charge in [0.2, 0.25) is 5.91 Å². The van der Waals surface area contributed by atoms with E-state index >= 15 is 0 Å². The summed E-state index contributed by atoms with van der Waals surface area (Å²) in [5.74, 6) is 0.897. The van der Waals surface area contributed by atoms with Crippen molar-refractivity contribution in [3.63, 3.8) is 0 Å². The van der Waals surface area contributed by atoms with Crippen LogP contribution in [0.15, 0.2) is 17.5 Å². The van der Waals surface area contributed by atoms with E-state index in [4.69, 9.17) is 0 Å². The molecule has 0 N–H and O–H groups in total. The fourth-order valence-electron chi connectivity index (χ4n) is 4.27. The first-order valence-electron chi connectivity index (χ1n) is 8.23. The molecule has 3 rings (SSSR count). The van der Waals surface area contributed by atoms with Gasteiger partial charge < -0.3 is 9.80 Å². The van der Waals surface area contributed by atoms with Crippen molar-refractivity contribution in [3.8, 4) is 0 Å². The van der Waals surface area contributed by atoms with E-state index in [9.17, 15) is 4.79 Å². The van der Waals surface area contributed by atoms with E-state index in [1.54, 1.807) is 6.92 Å². The molecule has 2 aliphatic heterocycles. The van der Waals surface area contributed by atoms with Crippen molar-refractivity contribution in [1.82, 2.24) is 14.7 Å². The van der Waals surface area contributed by atoms with Crippen molar-refractivity contribution in [2.24, 2.45) is 5.92 Å². The fraction of sp³-hybridized carbons (Fsp3) is 0.706. The van der Waals surface area contributed by atoms with Gasteiger partial charge in [-0.1, -0.05) is 6.07 Å². The van der Waals surface area contributed by atoms with Crippen LogP contribution in [0.1, 0.15) is 24.6 Å². The van der Waals surface area contributed by atoms with Crippen LogP contribution in [-0.4, -0.2) is 66.4 Å². The van der Waals surface area contributed by atoms with Crippen LogP contribution in [0, 0.1) is 5.92 Å². The molecule has 5 heteroatoms. The van der Waals surface area contributed by atoms with E-state index in [2.05, 4.69) is 46.3 Å². The Kier molecular flexibility index (Phi) is 4.85. The van der Waals surface area contributed by atoms with E-state index in [1.807, 2.05) is 11.3 Å².